The summed E-state index contributed by atoms with van der Waals surface area (Å²) >= 11 is 0. The van der Waals surface area contributed by atoms with Gasteiger partial charge >= 0.3 is 5.97 Å². The summed E-state index contributed by atoms with van der Waals surface area (Å²) in [6.45, 7) is 4.68. The van der Waals surface area contributed by atoms with Crippen molar-refractivity contribution in [3.63, 3.8) is 0 Å². The van der Waals surface area contributed by atoms with Crippen LogP contribution < -0.4 is 10.2 Å². The van der Waals surface area contributed by atoms with Crippen molar-refractivity contribution in [2.24, 2.45) is 5.10 Å². The van der Waals surface area contributed by atoms with Gasteiger partial charge in [0, 0.05) is 0 Å². The van der Waals surface area contributed by atoms with E-state index in [2.05, 4.69) is 17.5 Å². The molecule has 0 saturated heterocycles. The molecule has 0 atom stereocenters. The highest BCUT2D eigenvalue weighted by molar-refractivity contribution is 5.99. The van der Waals surface area contributed by atoms with Gasteiger partial charge in [0.1, 0.15) is 5.75 Å². The fourth-order valence-corrected chi connectivity index (χ4v) is 1.91. The maximum absolute atomic E-state index is 10.8. The number of nitrogens with one attached hydrogen (secondary N) is 1. The number of carboxylic acids is 1. The van der Waals surface area contributed by atoms with Crippen molar-refractivity contribution in [2.45, 2.75) is 20.3 Å². The molecule has 0 aromatic heterocycles. The first-order chi connectivity index (χ1) is 11.1. The van der Waals surface area contributed by atoms with E-state index in [4.69, 9.17) is 9.84 Å². The molecule has 0 amide bonds. The Morgan fingerprint density at radius 2 is 1.70 bits per heavy atom. The molecular weight excluding hydrogens is 292 g/mol. The quantitative estimate of drug-likeness (QED) is 0.598. The molecule has 23 heavy (non-hydrogen) atoms. The van der Waals surface area contributed by atoms with Crippen molar-refractivity contribution >= 4 is 17.4 Å². The smallest absolute Gasteiger partial charge is 0.335 e. The number of hydrogen-bond donors (Lipinski definition) is 2. The maximum Gasteiger partial charge on any atom is 0.335 e. The van der Waals surface area contributed by atoms with Crippen molar-refractivity contribution in [3.05, 3.63) is 59.7 Å². The molecule has 0 radical (unpaired) electrons. The van der Waals surface area contributed by atoms with Crippen molar-refractivity contribution in [3.8, 4) is 5.75 Å². The van der Waals surface area contributed by atoms with E-state index in [9.17, 15) is 4.79 Å². The highest BCUT2D eigenvalue weighted by atomic mass is 16.5. The monoisotopic (exact) mass is 312 g/mol. The molecule has 0 saturated carbocycles. The molecule has 0 unspecified atom stereocenters. The van der Waals surface area contributed by atoms with Crippen LogP contribution in [-0.2, 0) is 0 Å². The Balaban J connectivity index is 2.00. The lowest BCUT2D eigenvalue weighted by molar-refractivity contribution is 0.0697. The zero-order valence-electron chi connectivity index (χ0n) is 13.2. The molecule has 5 heteroatoms. The van der Waals surface area contributed by atoms with Crippen molar-refractivity contribution in [1.82, 2.24) is 0 Å². The topological polar surface area (TPSA) is 70.9 Å². The number of hydrazone groups is 1. The summed E-state index contributed by atoms with van der Waals surface area (Å²) in [6, 6.07) is 14.2. The van der Waals surface area contributed by atoms with Crippen LogP contribution in [0.3, 0.4) is 0 Å². The van der Waals surface area contributed by atoms with Crippen molar-refractivity contribution < 1.29 is 14.6 Å². The SMILES string of the molecule is CCCOc1ccc(/C(C)=N/Nc2ccc(C(=O)O)cc2)cc1. The van der Waals surface area contributed by atoms with E-state index >= 15 is 0 Å². The Morgan fingerprint density at radius 1 is 1.09 bits per heavy atom. The Hall–Kier alpha value is -2.82. The van der Waals surface area contributed by atoms with Crippen LogP contribution in [0.2, 0.25) is 0 Å². The van der Waals surface area contributed by atoms with Gasteiger partial charge in [0.05, 0.1) is 23.6 Å². The van der Waals surface area contributed by atoms with Crippen LogP contribution in [-0.4, -0.2) is 23.4 Å². The van der Waals surface area contributed by atoms with Crippen LogP contribution in [0.15, 0.2) is 53.6 Å². The molecule has 5 nitrogen and oxygen atoms in total. The molecule has 0 aliphatic carbocycles. The fourth-order valence-electron chi connectivity index (χ4n) is 1.91. The van der Waals surface area contributed by atoms with Gasteiger partial charge < -0.3 is 9.84 Å². The Labute approximate surface area is 135 Å². The number of hydrogen-bond acceptors (Lipinski definition) is 4. The lowest BCUT2D eigenvalue weighted by atomic mass is 10.1. The molecule has 0 spiro atoms. The largest absolute Gasteiger partial charge is 0.494 e. The van der Waals surface area contributed by atoms with Gasteiger partial charge in [0.15, 0.2) is 0 Å². The van der Waals surface area contributed by atoms with Crippen LogP contribution in [0.4, 0.5) is 5.69 Å². The highest BCUT2D eigenvalue weighted by Gasteiger charge is 2.02. The average Bonchev–Trinajstić information content (AvgIpc) is 2.58. The molecule has 2 N–H and O–H groups in total. The molecule has 0 heterocycles. The Kier molecular flexibility index (Phi) is 5.74. The van der Waals surface area contributed by atoms with Gasteiger partial charge in [-0.05, 0) is 67.4 Å². The summed E-state index contributed by atoms with van der Waals surface area (Å²) < 4.78 is 5.55. The number of benzene rings is 2. The van der Waals surface area contributed by atoms with Gasteiger partial charge in [-0.3, -0.25) is 5.43 Å². The Bertz CT molecular complexity index is 676. The molecular formula is C18H20N2O3. The van der Waals surface area contributed by atoms with Crippen LogP contribution in [0, 0.1) is 0 Å². The predicted molar refractivity (Wildman–Crippen MR) is 91.5 cm³/mol. The van der Waals surface area contributed by atoms with E-state index in [1.165, 1.54) is 12.1 Å². The molecule has 0 aliphatic heterocycles. The zero-order valence-corrected chi connectivity index (χ0v) is 13.2. The highest BCUT2D eigenvalue weighted by Crippen LogP contribution is 2.14. The molecule has 0 fully saturated rings. The summed E-state index contributed by atoms with van der Waals surface area (Å²) in [5.41, 5.74) is 5.72. The predicted octanol–water partition coefficient (Wildman–Crippen LogP) is 4.01. The lowest BCUT2D eigenvalue weighted by Gasteiger charge is -2.07. The van der Waals surface area contributed by atoms with Gasteiger partial charge in [0.25, 0.3) is 0 Å². The first-order valence-electron chi connectivity index (χ1n) is 7.47. The second kappa shape index (κ2) is 7.98. The van der Waals surface area contributed by atoms with Crippen molar-refractivity contribution in [2.75, 3.05) is 12.0 Å². The van der Waals surface area contributed by atoms with E-state index < -0.39 is 5.97 Å². The molecule has 2 rings (SSSR count). The summed E-state index contributed by atoms with van der Waals surface area (Å²) in [5.74, 6) is -0.0952. The molecule has 2 aromatic rings. The van der Waals surface area contributed by atoms with Gasteiger partial charge in [-0.1, -0.05) is 6.92 Å². The average molecular weight is 312 g/mol. The second-order valence-corrected chi connectivity index (χ2v) is 5.06. The lowest BCUT2D eigenvalue weighted by Crippen LogP contribution is -2.01. The number of rotatable bonds is 7. The number of carboxylic acid groups (broad SMARTS) is 1. The minimum absolute atomic E-state index is 0.249. The van der Waals surface area contributed by atoms with Crippen LogP contribution in [0.5, 0.6) is 5.75 Å². The van der Waals surface area contributed by atoms with Crippen LogP contribution in [0.25, 0.3) is 0 Å². The van der Waals surface area contributed by atoms with Gasteiger partial charge in [-0.2, -0.15) is 5.10 Å². The first-order valence-corrected chi connectivity index (χ1v) is 7.47. The van der Waals surface area contributed by atoms with Crippen LogP contribution >= 0.6 is 0 Å². The second-order valence-electron chi connectivity index (χ2n) is 5.06. The third kappa shape index (κ3) is 4.85. The first kappa shape index (κ1) is 16.5. The number of carbonyl (C=O) groups is 1. The van der Waals surface area contributed by atoms with Crippen LogP contribution in [0.1, 0.15) is 36.2 Å². The zero-order chi connectivity index (χ0) is 16.7. The number of anilines is 1. The molecule has 0 bridgehead atoms. The number of ether oxygens (including phenoxy) is 1. The third-order valence-electron chi connectivity index (χ3n) is 3.23. The van der Waals surface area contributed by atoms with E-state index in [0.29, 0.717) is 6.61 Å². The van der Waals surface area contributed by atoms with E-state index in [-0.39, 0.29) is 5.56 Å². The van der Waals surface area contributed by atoms with E-state index in [0.717, 1.165) is 29.1 Å². The summed E-state index contributed by atoms with van der Waals surface area (Å²) in [5, 5.41) is 13.2. The number of nitrogens with zero attached hydrogens (tertiary/aromatic N) is 1. The Morgan fingerprint density at radius 3 is 2.26 bits per heavy atom. The molecule has 0 aliphatic rings. The molecule has 120 valence electrons. The summed E-state index contributed by atoms with van der Waals surface area (Å²) in [4.78, 5) is 10.8. The standard InChI is InChI=1S/C18H20N2O3/c1-3-12-23-17-10-6-14(7-11-17)13(2)19-20-16-8-4-15(5-9-16)18(21)22/h4-11,20H,3,12H2,1-2H3,(H,21,22)/b19-13+. The summed E-state index contributed by atoms with van der Waals surface area (Å²) in [6.07, 6.45) is 0.979. The van der Waals surface area contributed by atoms with Crippen molar-refractivity contribution in [1.29, 1.82) is 0 Å². The fraction of sp³-hybridized carbons (Fsp3) is 0.222. The van der Waals surface area contributed by atoms with E-state index in [1.54, 1.807) is 12.1 Å². The van der Waals surface area contributed by atoms with E-state index in [1.807, 2.05) is 31.2 Å². The molecule has 2 aromatic carbocycles. The minimum Gasteiger partial charge on any atom is -0.494 e. The summed E-state index contributed by atoms with van der Waals surface area (Å²) in [7, 11) is 0. The van der Waals surface area contributed by atoms with Gasteiger partial charge in [-0.25, -0.2) is 4.79 Å². The van der Waals surface area contributed by atoms with Gasteiger partial charge in [0.2, 0.25) is 0 Å². The maximum atomic E-state index is 10.8. The normalized spacial score (nSPS) is 11.1. The van der Waals surface area contributed by atoms with Gasteiger partial charge in [-0.15, -0.1) is 0 Å². The number of aromatic carboxylic acids is 1. The minimum atomic E-state index is -0.943. The third-order valence-corrected chi connectivity index (χ3v) is 3.23.